The largest absolute Gasteiger partial charge is 0.366 e. The van der Waals surface area contributed by atoms with Crippen LogP contribution in [-0.4, -0.2) is 84.3 Å². The molecule has 2 fully saturated rings. The second-order valence-electron chi connectivity index (χ2n) is 8.48. The standard InChI is InChI=1S/C25H28N6O/c1-28-13-15-29(16-14-28)21-17-30(18-21)22-10-5-11-23-24(22)27-19-31(23)25(32)26-12-6-9-20-7-3-2-4-8-20/h2-5,7-8,10-11,19,21H,12-18H2,1H3,(H,26,32). The van der Waals surface area contributed by atoms with E-state index in [1.165, 1.54) is 0 Å². The molecule has 2 saturated heterocycles. The zero-order chi connectivity index (χ0) is 21.9. The van der Waals surface area contributed by atoms with Crippen LogP contribution in [0.15, 0.2) is 54.9 Å². The smallest absolute Gasteiger partial charge is 0.328 e. The number of imidazole rings is 1. The van der Waals surface area contributed by atoms with Gasteiger partial charge in [0.2, 0.25) is 0 Å². The summed E-state index contributed by atoms with van der Waals surface area (Å²) in [5, 5.41) is 2.86. The molecule has 7 heteroatoms. The molecule has 3 aromatic rings. The number of piperazine rings is 1. The summed E-state index contributed by atoms with van der Waals surface area (Å²) in [4.78, 5) is 24.6. The molecule has 1 amide bonds. The van der Waals surface area contributed by atoms with Crippen LogP contribution in [0.25, 0.3) is 11.0 Å². The third-order valence-electron chi connectivity index (χ3n) is 6.37. The molecule has 1 aromatic heterocycles. The number of rotatable bonds is 3. The molecule has 0 aliphatic carbocycles. The van der Waals surface area contributed by atoms with Crippen LogP contribution in [0.2, 0.25) is 0 Å². The van der Waals surface area contributed by atoms with E-state index in [0.29, 0.717) is 6.04 Å². The number of amides is 1. The van der Waals surface area contributed by atoms with Crippen molar-refractivity contribution in [2.45, 2.75) is 6.04 Å². The van der Waals surface area contributed by atoms with Crippen molar-refractivity contribution in [3.8, 4) is 11.8 Å². The number of aromatic nitrogens is 2. The molecule has 0 atom stereocenters. The lowest BCUT2D eigenvalue weighted by atomic mass is 10.0. The maximum absolute atomic E-state index is 12.7. The van der Waals surface area contributed by atoms with Gasteiger partial charge in [0.05, 0.1) is 17.7 Å². The van der Waals surface area contributed by atoms with Crippen molar-refractivity contribution in [3.63, 3.8) is 0 Å². The monoisotopic (exact) mass is 428 g/mol. The summed E-state index contributed by atoms with van der Waals surface area (Å²) >= 11 is 0. The van der Waals surface area contributed by atoms with Crippen LogP contribution in [-0.2, 0) is 0 Å². The van der Waals surface area contributed by atoms with Gasteiger partial charge in [0.25, 0.3) is 0 Å². The zero-order valence-electron chi connectivity index (χ0n) is 18.4. The van der Waals surface area contributed by atoms with Crippen molar-refractivity contribution in [3.05, 3.63) is 60.4 Å². The van der Waals surface area contributed by atoms with E-state index in [1.54, 1.807) is 10.9 Å². The van der Waals surface area contributed by atoms with E-state index in [0.717, 1.165) is 61.6 Å². The topological polar surface area (TPSA) is 56.6 Å². The van der Waals surface area contributed by atoms with Gasteiger partial charge in [-0.05, 0) is 31.3 Å². The maximum atomic E-state index is 12.7. The molecule has 0 saturated carbocycles. The number of nitrogens with one attached hydrogen (secondary N) is 1. The first-order valence-corrected chi connectivity index (χ1v) is 11.1. The molecule has 2 aliphatic rings. The number of hydrogen-bond acceptors (Lipinski definition) is 5. The minimum atomic E-state index is -0.217. The van der Waals surface area contributed by atoms with Gasteiger partial charge in [-0.25, -0.2) is 9.78 Å². The maximum Gasteiger partial charge on any atom is 0.328 e. The predicted octanol–water partition coefficient (Wildman–Crippen LogP) is 2.08. The number of anilines is 1. The number of hydrogen-bond donors (Lipinski definition) is 1. The third kappa shape index (κ3) is 4.20. The molecule has 3 heterocycles. The first kappa shape index (κ1) is 20.6. The van der Waals surface area contributed by atoms with Crippen LogP contribution in [0.3, 0.4) is 0 Å². The molecule has 32 heavy (non-hydrogen) atoms. The van der Waals surface area contributed by atoms with Gasteiger partial charge in [-0.2, -0.15) is 0 Å². The molecule has 0 unspecified atom stereocenters. The second-order valence-corrected chi connectivity index (χ2v) is 8.48. The highest BCUT2D eigenvalue weighted by Gasteiger charge is 2.34. The summed E-state index contributed by atoms with van der Waals surface area (Å²) < 4.78 is 1.57. The van der Waals surface area contributed by atoms with E-state index >= 15 is 0 Å². The van der Waals surface area contributed by atoms with Gasteiger partial charge in [-0.1, -0.05) is 36.1 Å². The number of fused-ring (bicyclic) bond motifs is 1. The number of para-hydroxylation sites is 1. The van der Waals surface area contributed by atoms with Crippen LogP contribution in [0.4, 0.5) is 10.5 Å². The summed E-state index contributed by atoms with van der Waals surface area (Å²) in [6.07, 6.45) is 1.60. The normalized spacial score (nSPS) is 17.6. The number of carbonyl (C=O) groups is 1. The highest BCUT2D eigenvalue weighted by molar-refractivity contribution is 5.95. The number of carbonyl (C=O) groups excluding carboxylic acids is 1. The van der Waals surface area contributed by atoms with Crippen molar-refractivity contribution in [2.24, 2.45) is 0 Å². The summed E-state index contributed by atoms with van der Waals surface area (Å²) in [5.74, 6) is 6.05. The van der Waals surface area contributed by atoms with Crippen molar-refractivity contribution in [1.82, 2.24) is 24.7 Å². The first-order chi connectivity index (χ1) is 15.7. The van der Waals surface area contributed by atoms with Gasteiger partial charge in [0.15, 0.2) is 0 Å². The molecule has 0 bridgehead atoms. The van der Waals surface area contributed by atoms with E-state index in [-0.39, 0.29) is 12.6 Å². The van der Waals surface area contributed by atoms with E-state index in [4.69, 9.17) is 0 Å². The van der Waals surface area contributed by atoms with Gasteiger partial charge < -0.3 is 15.1 Å². The lowest BCUT2D eigenvalue weighted by Crippen LogP contribution is -2.63. The van der Waals surface area contributed by atoms with Gasteiger partial charge in [0.1, 0.15) is 11.8 Å². The van der Waals surface area contributed by atoms with Crippen molar-refractivity contribution < 1.29 is 4.79 Å². The summed E-state index contributed by atoms with van der Waals surface area (Å²) in [6.45, 7) is 6.87. The minimum absolute atomic E-state index is 0.217. The lowest BCUT2D eigenvalue weighted by Gasteiger charge is -2.48. The summed E-state index contributed by atoms with van der Waals surface area (Å²) in [6, 6.07) is 16.2. The highest BCUT2D eigenvalue weighted by atomic mass is 16.2. The fraction of sp³-hybridized carbons (Fsp3) is 0.360. The Kier molecular flexibility index (Phi) is 5.80. The van der Waals surface area contributed by atoms with E-state index in [9.17, 15) is 4.79 Å². The minimum Gasteiger partial charge on any atom is -0.366 e. The first-order valence-electron chi connectivity index (χ1n) is 11.1. The predicted molar refractivity (Wildman–Crippen MR) is 127 cm³/mol. The third-order valence-corrected chi connectivity index (χ3v) is 6.37. The van der Waals surface area contributed by atoms with Crippen LogP contribution in [0, 0.1) is 11.8 Å². The van der Waals surface area contributed by atoms with E-state index in [2.05, 4.69) is 50.0 Å². The molecule has 2 aromatic carbocycles. The molecule has 1 N–H and O–H groups in total. The van der Waals surface area contributed by atoms with E-state index in [1.807, 2.05) is 42.5 Å². The second kappa shape index (κ2) is 9.03. The quantitative estimate of drug-likeness (QED) is 0.648. The average Bonchev–Trinajstić information content (AvgIpc) is 3.23. The summed E-state index contributed by atoms with van der Waals surface area (Å²) in [5.41, 5.74) is 3.72. The SMILES string of the molecule is CN1CCN(C2CN(c3cccc4c3ncn4C(=O)NCC#Cc3ccccc3)C2)CC1. The molecule has 0 radical (unpaired) electrons. The Morgan fingerprint density at radius 2 is 1.84 bits per heavy atom. The van der Waals surface area contributed by atoms with Crippen molar-refractivity contribution in [2.75, 3.05) is 57.8 Å². The summed E-state index contributed by atoms with van der Waals surface area (Å²) in [7, 11) is 2.19. The van der Waals surface area contributed by atoms with Crippen LogP contribution >= 0.6 is 0 Å². The van der Waals surface area contributed by atoms with Crippen LogP contribution < -0.4 is 10.2 Å². The molecule has 164 valence electrons. The fourth-order valence-electron chi connectivity index (χ4n) is 4.38. The van der Waals surface area contributed by atoms with Gasteiger partial charge in [-0.15, -0.1) is 0 Å². The van der Waals surface area contributed by atoms with Crippen LogP contribution in [0.1, 0.15) is 5.56 Å². The molecule has 0 spiro atoms. The Labute approximate surface area is 188 Å². The molecular formula is C25H28N6O. The Morgan fingerprint density at radius 3 is 2.62 bits per heavy atom. The highest BCUT2D eigenvalue weighted by Crippen LogP contribution is 2.30. The Morgan fingerprint density at radius 1 is 1.06 bits per heavy atom. The van der Waals surface area contributed by atoms with Gasteiger partial charge in [0, 0.05) is 50.9 Å². The van der Waals surface area contributed by atoms with Crippen LogP contribution in [0.5, 0.6) is 0 Å². The van der Waals surface area contributed by atoms with Gasteiger partial charge in [-0.3, -0.25) is 9.47 Å². The zero-order valence-corrected chi connectivity index (χ0v) is 18.4. The van der Waals surface area contributed by atoms with Gasteiger partial charge >= 0.3 is 6.03 Å². The molecular weight excluding hydrogens is 400 g/mol. The number of nitrogens with zero attached hydrogens (tertiary/aromatic N) is 5. The average molecular weight is 429 g/mol. The number of benzene rings is 2. The Bertz CT molecular complexity index is 1150. The lowest BCUT2D eigenvalue weighted by molar-refractivity contribution is 0.0964. The number of likely N-dealkylation sites (N-methyl/N-ethyl adjacent to an activating group) is 1. The molecule has 5 rings (SSSR count). The van der Waals surface area contributed by atoms with E-state index < -0.39 is 0 Å². The van der Waals surface area contributed by atoms with Crippen molar-refractivity contribution in [1.29, 1.82) is 0 Å². The molecule has 7 nitrogen and oxygen atoms in total. The Hall–Kier alpha value is -3.34. The fourth-order valence-corrected chi connectivity index (χ4v) is 4.38. The Balaban J connectivity index is 1.23. The van der Waals surface area contributed by atoms with Crippen molar-refractivity contribution >= 4 is 22.8 Å². The molecule has 2 aliphatic heterocycles.